The monoisotopic (exact) mass is 465 g/mol. The molecule has 0 radical (unpaired) electrons. The summed E-state index contributed by atoms with van der Waals surface area (Å²) >= 11 is 6.10. The Kier molecular flexibility index (Phi) is 6.19. The first-order valence-corrected chi connectivity index (χ1v) is 10.2. The molecule has 166 valence electrons. The van der Waals surface area contributed by atoms with Crippen LogP contribution in [0.5, 0.6) is 5.75 Å². The number of hydrogen-bond acceptors (Lipinski definition) is 5. The molecule has 1 N–H and O–H groups in total. The van der Waals surface area contributed by atoms with Crippen LogP contribution in [-0.4, -0.2) is 28.4 Å². The van der Waals surface area contributed by atoms with E-state index in [1.54, 1.807) is 12.1 Å². The molecule has 0 saturated heterocycles. The van der Waals surface area contributed by atoms with Gasteiger partial charge in [-0.25, -0.2) is 4.39 Å². The van der Waals surface area contributed by atoms with Crippen LogP contribution >= 0.6 is 11.6 Å². The van der Waals surface area contributed by atoms with Gasteiger partial charge in [-0.3, -0.25) is 19.4 Å². The van der Waals surface area contributed by atoms with E-state index in [1.165, 1.54) is 54.5 Å². The first-order chi connectivity index (χ1) is 15.9. The fourth-order valence-electron chi connectivity index (χ4n) is 3.41. The van der Waals surface area contributed by atoms with Crippen LogP contribution < -0.4 is 15.5 Å². The lowest BCUT2D eigenvalue weighted by Crippen LogP contribution is -2.24. The van der Waals surface area contributed by atoms with Gasteiger partial charge in [-0.2, -0.15) is 0 Å². The van der Waals surface area contributed by atoms with Crippen molar-refractivity contribution in [1.29, 1.82) is 0 Å². The fraction of sp³-hybridized carbons (Fsp3) is 0.0833. The molecule has 9 heteroatoms. The van der Waals surface area contributed by atoms with Gasteiger partial charge in [-0.1, -0.05) is 11.6 Å². The number of nitrogens with zero attached hydrogens (tertiary/aromatic N) is 2. The largest absolute Gasteiger partial charge is 0.495 e. The zero-order chi connectivity index (χ0) is 23.5. The average Bonchev–Trinajstić information content (AvgIpc) is 2.81. The molecule has 2 aromatic heterocycles. The van der Waals surface area contributed by atoms with Gasteiger partial charge in [-0.15, -0.1) is 0 Å². The molecule has 0 aliphatic rings. The van der Waals surface area contributed by atoms with Crippen molar-refractivity contribution in [2.24, 2.45) is 0 Å². The lowest BCUT2D eigenvalue weighted by atomic mass is 10.0. The van der Waals surface area contributed by atoms with E-state index in [0.717, 1.165) is 12.1 Å². The second kappa shape index (κ2) is 9.22. The van der Waals surface area contributed by atoms with Crippen molar-refractivity contribution in [3.8, 4) is 5.75 Å². The Hall–Kier alpha value is -4.04. The molecule has 0 saturated carbocycles. The summed E-state index contributed by atoms with van der Waals surface area (Å²) in [6.45, 7) is -0.277. The van der Waals surface area contributed by atoms with Crippen LogP contribution in [0.2, 0.25) is 5.02 Å². The molecule has 33 heavy (non-hydrogen) atoms. The molecule has 7 nitrogen and oxygen atoms in total. The van der Waals surface area contributed by atoms with Crippen molar-refractivity contribution in [3.05, 3.63) is 99.3 Å². The Labute approximate surface area is 192 Å². The highest BCUT2D eigenvalue weighted by Gasteiger charge is 2.19. The van der Waals surface area contributed by atoms with E-state index >= 15 is 0 Å². The highest BCUT2D eigenvalue weighted by Crippen LogP contribution is 2.27. The van der Waals surface area contributed by atoms with E-state index in [1.807, 2.05) is 0 Å². The number of pyridine rings is 2. The number of fused-ring (bicyclic) bond motifs is 1. The SMILES string of the molecule is COc1ccc(NC(=O)Cn2cc(C(=O)c3ccncc3)c(=O)c3ccc(F)cc32)cc1Cl. The van der Waals surface area contributed by atoms with Crippen LogP contribution in [-0.2, 0) is 11.3 Å². The predicted molar refractivity (Wildman–Crippen MR) is 122 cm³/mol. The number of nitrogens with one attached hydrogen (secondary N) is 1. The van der Waals surface area contributed by atoms with Gasteiger partial charge in [0.2, 0.25) is 11.3 Å². The number of benzene rings is 2. The molecule has 2 heterocycles. The fourth-order valence-corrected chi connectivity index (χ4v) is 3.67. The summed E-state index contributed by atoms with van der Waals surface area (Å²) in [6, 6.07) is 11.3. The van der Waals surface area contributed by atoms with Crippen LogP contribution in [0.1, 0.15) is 15.9 Å². The Bertz CT molecular complexity index is 1440. The Morgan fingerprint density at radius 2 is 1.88 bits per heavy atom. The van der Waals surface area contributed by atoms with Gasteiger partial charge < -0.3 is 14.6 Å². The van der Waals surface area contributed by atoms with Gasteiger partial charge in [0.15, 0.2) is 5.78 Å². The minimum atomic E-state index is -0.578. The van der Waals surface area contributed by atoms with E-state index in [0.29, 0.717) is 16.5 Å². The van der Waals surface area contributed by atoms with Crippen molar-refractivity contribution in [1.82, 2.24) is 9.55 Å². The normalized spacial score (nSPS) is 10.8. The molecule has 0 fully saturated rings. The molecule has 0 spiro atoms. The number of carbonyl (C=O) groups is 2. The maximum absolute atomic E-state index is 14.0. The van der Waals surface area contributed by atoms with Crippen molar-refractivity contribution in [3.63, 3.8) is 0 Å². The third kappa shape index (κ3) is 4.61. The van der Waals surface area contributed by atoms with E-state index in [4.69, 9.17) is 16.3 Å². The highest BCUT2D eigenvalue weighted by atomic mass is 35.5. The smallest absolute Gasteiger partial charge is 0.244 e. The third-order valence-corrected chi connectivity index (χ3v) is 5.28. The Morgan fingerprint density at radius 3 is 2.58 bits per heavy atom. The number of carbonyl (C=O) groups excluding carboxylic acids is 2. The number of aromatic nitrogens is 2. The summed E-state index contributed by atoms with van der Waals surface area (Å²) in [5.74, 6) is -1.11. The van der Waals surface area contributed by atoms with Gasteiger partial charge in [0.05, 0.1) is 23.2 Å². The number of anilines is 1. The third-order valence-electron chi connectivity index (χ3n) is 4.98. The quantitative estimate of drug-likeness (QED) is 0.433. The number of hydrogen-bond donors (Lipinski definition) is 1. The molecule has 0 unspecified atom stereocenters. The van der Waals surface area contributed by atoms with E-state index in [-0.39, 0.29) is 28.6 Å². The zero-order valence-electron chi connectivity index (χ0n) is 17.3. The lowest BCUT2D eigenvalue weighted by molar-refractivity contribution is -0.116. The Morgan fingerprint density at radius 1 is 1.12 bits per heavy atom. The number of halogens is 2. The topological polar surface area (TPSA) is 90.3 Å². The first-order valence-electron chi connectivity index (χ1n) is 9.78. The average molecular weight is 466 g/mol. The summed E-state index contributed by atoms with van der Waals surface area (Å²) in [5.41, 5.74) is 0.197. The molecular weight excluding hydrogens is 449 g/mol. The summed E-state index contributed by atoms with van der Waals surface area (Å²) in [4.78, 5) is 42.6. The maximum atomic E-state index is 14.0. The van der Waals surface area contributed by atoms with Crippen LogP contribution in [0.4, 0.5) is 10.1 Å². The number of ketones is 1. The minimum absolute atomic E-state index is 0.122. The number of methoxy groups -OCH3 is 1. The predicted octanol–water partition coefficient (Wildman–Crippen LogP) is 4.07. The molecular formula is C24H17ClFN3O4. The Balaban J connectivity index is 1.73. The molecule has 4 aromatic rings. The molecule has 2 aromatic carbocycles. The maximum Gasteiger partial charge on any atom is 0.244 e. The minimum Gasteiger partial charge on any atom is -0.495 e. The lowest BCUT2D eigenvalue weighted by Gasteiger charge is -2.14. The van der Waals surface area contributed by atoms with E-state index < -0.39 is 22.9 Å². The molecule has 0 bridgehead atoms. The summed E-state index contributed by atoms with van der Waals surface area (Å²) < 4.78 is 20.4. The number of ether oxygens (including phenoxy) is 1. The van der Waals surface area contributed by atoms with E-state index in [9.17, 15) is 18.8 Å². The zero-order valence-corrected chi connectivity index (χ0v) is 18.1. The van der Waals surface area contributed by atoms with Gasteiger partial charge in [0.1, 0.15) is 18.1 Å². The number of rotatable bonds is 6. The first kappa shape index (κ1) is 22.2. The molecule has 0 atom stereocenters. The molecule has 0 aliphatic carbocycles. The van der Waals surface area contributed by atoms with Crippen molar-refractivity contribution in [2.45, 2.75) is 6.54 Å². The van der Waals surface area contributed by atoms with Gasteiger partial charge in [-0.05, 0) is 48.5 Å². The van der Waals surface area contributed by atoms with Gasteiger partial charge >= 0.3 is 0 Å². The molecule has 1 amide bonds. The van der Waals surface area contributed by atoms with Crippen molar-refractivity contribution >= 4 is 39.9 Å². The van der Waals surface area contributed by atoms with Crippen LogP contribution in [0.25, 0.3) is 10.9 Å². The van der Waals surface area contributed by atoms with Crippen molar-refractivity contribution < 1.29 is 18.7 Å². The van der Waals surface area contributed by atoms with Crippen LogP contribution in [0.15, 0.2) is 71.9 Å². The van der Waals surface area contributed by atoms with Crippen LogP contribution in [0.3, 0.4) is 0 Å². The van der Waals surface area contributed by atoms with E-state index in [2.05, 4.69) is 10.3 Å². The van der Waals surface area contributed by atoms with Gasteiger partial charge in [0.25, 0.3) is 0 Å². The summed E-state index contributed by atoms with van der Waals surface area (Å²) in [6.07, 6.45) is 4.15. The second-order valence-corrected chi connectivity index (χ2v) is 7.53. The second-order valence-electron chi connectivity index (χ2n) is 7.12. The van der Waals surface area contributed by atoms with Crippen LogP contribution in [0, 0.1) is 5.82 Å². The molecule has 4 rings (SSSR count). The molecule has 0 aliphatic heterocycles. The summed E-state index contributed by atoms with van der Waals surface area (Å²) in [7, 11) is 1.48. The van der Waals surface area contributed by atoms with Crippen molar-refractivity contribution in [2.75, 3.05) is 12.4 Å². The highest BCUT2D eigenvalue weighted by molar-refractivity contribution is 6.32. The number of amides is 1. The standard InChI is InChI=1S/C24H17ClFN3O4/c1-33-21-5-3-16(11-19(21)25)28-22(30)13-29-12-18(23(31)14-6-8-27-9-7-14)24(32)17-4-2-15(26)10-20(17)29/h2-12H,13H2,1H3,(H,28,30). The van der Waals surface area contributed by atoms with Gasteiger partial charge in [0, 0.05) is 35.2 Å². The summed E-state index contributed by atoms with van der Waals surface area (Å²) in [5, 5.41) is 3.13.